The third-order valence-corrected chi connectivity index (χ3v) is 4.85. The molecule has 0 fully saturated rings. The van der Waals surface area contributed by atoms with E-state index in [2.05, 4.69) is 0 Å². The third kappa shape index (κ3) is 4.50. The fourth-order valence-electron chi connectivity index (χ4n) is 2.71. The van der Waals surface area contributed by atoms with Gasteiger partial charge in [-0.25, -0.2) is 0 Å². The first-order valence-electron chi connectivity index (χ1n) is 8.42. The number of amides is 1. The van der Waals surface area contributed by atoms with Crippen LogP contribution in [0.5, 0.6) is 0 Å². The second-order valence-electron chi connectivity index (χ2n) is 6.27. The van der Waals surface area contributed by atoms with Crippen LogP contribution >= 0.6 is 23.2 Å². The molecular weight excluding hydrogens is 399 g/mol. The van der Waals surface area contributed by atoms with Crippen molar-refractivity contribution < 1.29 is 9.72 Å². The lowest BCUT2D eigenvalue weighted by Gasteiger charge is -2.24. The molecule has 3 aromatic rings. The highest BCUT2D eigenvalue weighted by molar-refractivity contribution is 6.35. The van der Waals surface area contributed by atoms with Crippen LogP contribution in [-0.4, -0.2) is 10.8 Å². The Morgan fingerprint density at radius 3 is 2.21 bits per heavy atom. The van der Waals surface area contributed by atoms with Gasteiger partial charge in [0.25, 0.3) is 11.6 Å². The minimum atomic E-state index is -0.501. The van der Waals surface area contributed by atoms with Crippen molar-refractivity contribution in [3.05, 3.63) is 104 Å². The van der Waals surface area contributed by atoms with Gasteiger partial charge >= 0.3 is 0 Å². The van der Waals surface area contributed by atoms with Gasteiger partial charge in [0.1, 0.15) is 0 Å². The van der Waals surface area contributed by atoms with Crippen molar-refractivity contribution in [1.29, 1.82) is 0 Å². The molecule has 0 saturated carbocycles. The van der Waals surface area contributed by atoms with Crippen LogP contribution < -0.4 is 4.90 Å². The Morgan fingerprint density at radius 2 is 1.64 bits per heavy atom. The van der Waals surface area contributed by atoms with Crippen molar-refractivity contribution in [2.45, 2.75) is 13.5 Å². The number of carbonyl (C=O) groups excluding carboxylic acids is 1. The first kappa shape index (κ1) is 19.9. The smallest absolute Gasteiger partial charge is 0.269 e. The molecule has 0 aromatic heterocycles. The number of nitro groups is 1. The molecule has 0 aliphatic heterocycles. The van der Waals surface area contributed by atoms with Crippen molar-refractivity contribution in [2.24, 2.45) is 0 Å². The monoisotopic (exact) mass is 414 g/mol. The number of carbonyl (C=O) groups is 1. The van der Waals surface area contributed by atoms with E-state index < -0.39 is 4.92 Å². The summed E-state index contributed by atoms with van der Waals surface area (Å²) < 4.78 is 0. The summed E-state index contributed by atoms with van der Waals surface area (Å²) in [4.78, 5) is 25.1. The number of anilines is 1. The van der Waals surface area contributed by atoms with E-state index in [1.165, 1.54) is 24.3 Å². The van der Waals surface area contributed by atoms with Gasteiger partial charge in [-0.3, -0.25) is 14.9 Å². The number of non-ortho nitro benzene ring substituents is 1. The summed E-state index contributed by atoms with van der Waals surface area (Å²) in [7, 11) is 0. The minimum absolute atomic E-state index is 0.0702. The fraction of sp³-hybridized carbons (Fsp3) is 0.0952. The molecule has 0 aliphatic carbocycles. The number of nitro benzene ring substituents is 1. The van der Waals surface area contributed by atoms with E-state index in [0.717, 1.165) is 11.1 Å². The lowest BCUT2D eigenvalue weighted by atomic mass is 10.1. The Labute approximate surface area is 172 Å². The van der Waals surface area contributed by atoms with Gasteiger partial charge in [-0.1, -0.05) is 47.0 Å². The van der Waals surface area contributed by atoms with Crippen LogP contribution in [0.4, 0.5) is 11.4 Å². The highest BCUT2D eigenvalue weighted by atomic mass is 35.5. The lowest BCUT2D eigenvalue weighted by molar-refractivity contribution is -0.384. The van der Waals surface area contributed by atoms with Crippen molar-refractivity contribution in [3.63, 3.8) is 0 Å². The molecule has 7 heteroatoms. The Balaban J connectivity index is 1.98. The molecule has 142 valence electrons. The molecule has 0 N–H and O–H groups in total. The second-order valence-corrected chi connectivity index (χ2v) is 7.11. The normalized spacial score (nSPS) is 10.5. The molecule has 0 atom stereocenters. The van der Waals surface area contributed by atoms with Crippen LogP contribution in [0.3, 0.4) is 0 Å². The largest absolute Gasteiger partial charge is 0.304 e. The highest BCUT2D eigenvalue weighted by Crippen LogP contribution is 2.27. The van der Waals surface area contributed by atoms with E-state index in [1.807, 2.05) is 31.2 Å². The zero-order valence-corrected chi connectivity index (χ0v) is 16.4. The number of aryl methyl sites for hydroxylation is 1. The SMILES string of the molecule is Cc1ccc(N(Cc2ccc(Cl)cc2Cl)C(=O)c2ccc([N+](=O)[O-])cc2)cc1. The lowest BCUT2D eigenvalue weighted by Crippen LogP contribution is -2.30. The van der Waals surface area contributed by atoms with Gasteiger partial charge in [0.05, 0.1) is 11.5 Å². The molecule has 0 unspecified atom stereocenters. The molecule has 0 saturated heterocycles. The maximum Gasteiger partial charge on any atom is 0.269 e. The Morgan fingerprint density at radius 1 is 1.00 bits per heavy atom. The van der Waals surface area contributed by atoms with Crippen LogP contribution in [0.25, 0.3) is 0 Å². The molecule has 0 heterocycles. The standard InChI is InChI=1S/C21H16Cl2N2O3/c1-14-2-8-18(9-3-14)24(13-16-4-7-17(22)12-20(16)23)21(26)15-5-10-19(11-6-15)25(27)28/h2-12H,13H2,1H3. The number of benzene rings is 3. The van der Waals surface area contributed by atoms with E-state index in [0.29, 0.717) is 21.3 Å². The second kappa shape index (κ2) is 8.42. The van der Waals surface area contributed by atoms with E-state index in [-0.39, 0.29) is 18.1 Å². The zero-order chi connectivity index (χ0) is 20.3. The van der Waals surface area contributed by atoms with Gasteiger partial charge in [-0.15, -0.1) is 0 Å². The zero-order valence-electron chi connectivity index (χ0n) is 14.9. The number of rotatable bonds is 5. The van der Waals surface area contributed by atoms with E-state index in [9.17, 15) is 14.9 Å². The van der Waals surface area contributed by atoms with Crippen LogP contribution in [-0.2, 0) is 6.54 Å². The number of hydrogen-bond acceptors (Lipinski definition) is 3. The molecule has 28 heavy (non-hydrogen) atoms. The maximum absolute atomic E-state index is 13.2. The number of halogens is 2. The maximum atomic E-state index is 13.2. The summed E-state index contributed by atoms with van der Waals surface area (Å²) in [5.74, 6) is -0.287. The van der Waals surface area contributed by atoms with Gasteiger partial charge in [0.2, 0.25) is 0 Å². The summed E-state index contributed by atoms with van der Waals surface area (Å²) >= 11 is 12.3. The predicted octanol–water partition coefficient (Wildman–Crippen LogP) is 6.06. The first-order chi connectivity index (χ1) is 13.3. The molecule has 3 aromatic carbocycles. The molecule has 3 rings (SSSR count). The van der Waals surface area contributed by atoms with Crippen LogP contribution in [0.2, 0.25) is 10.0 Å². The van der Waals surface area contributed by atoms with Crippen LogP contribution in [0, 0.1) is 17.0 Å². The molecule has 0 aliphatic rings. The van der Waals surface area contributed by atoms with Gasteiger partial charge in [-0.2, -0.15) is 0 Å². The van der Waals surface area contributed by atoms with E-state index in [1.54, 1.807) is 23.1 Å². The summed E-state index contributed by atoms with van der Waals surface area (Å²) in [6, 6.07) is 18.2. The predicted molar refractivity (Wildman–Crippen MR) is 111 cm³/mol. The van der Waals surface area contributed by atoms with Crippen molar-refractivity contribution in [2.75, 3.05) is 4.90 Å². The highest BCUT2D eigenvalue weighted by Gasteiger charge is 2.20. The minimum Gasteiger partial charge on any atom is -0.304 e. The Bertz CT molecular complexity index is 1020. The van der Waals surface area contributed by atoms with Gasteiger partial charge in [0, 0.05) is 33.4 Å². The quantitative estimate of drug-likeness (QED) is 0.376. The summed E-state index contributed by atoms with van der Waals surface area (Å²) in [5, 5.41) is 11.8. The Kier molecular flexibility index (Phi) is 5.97. The molecule has 5 nitrogen and oxygen atoms in total. The number of hydrogen-bond donors (Lipinski definition) is 0. The van der Waals surface area contributed by atoms with E-state index in [4.69, 9.17) is 23.2 Å². The van der Waals surface area contributed by atoms with Crippen molar-refractivity contribution in [3.8, 4) is 0 Å². The first-order valence-corrected chi connectivity index (χ1v) is 9.17. The van der Waals surface area contributed by atoms with Crippen LogP contribution in [0.1, 0.15) is 21.5 Å². The van der Waals surface area contributed by atoms with Crippen molar-refractivity contribution in [1.82, 2.24) is 0 Å². The summed E-state index contributed by atoms with van der Waals surface area (Å²) in [5.41, 5.74) is 2.77. The average molecular weight is 415 g/mol. The average Bonchev–Trinajstić information content (AvgIpc) is 2.68. The Hall–Kier alpha value is -2.89. The summed E-state index contributed by atoms with van der Waals surface area (Å²) in [6.45, 7) is 2.19. The molecule has 0 spiro atoms. The van der Waals surface area contributed by atoms with Gasteiger partial charge < -0.3 is 4.90 Å². The third-order valence-electron chi connectivity index (χ3n) is 4.26. The van der Waals surface area contributed by atoms with E-state index >= 15 is 0 Å². The summed E-state index contributed by atoms with van der Waals surface area (Å²) in [6.07, 6.45) is 0. The fourth-order valence-corrected chi connectivity index (χ4v) is 3.18. The molecule has 0 bridgehead atoms. The topological polar surface area (TPSA) is 63.5 Å². The molecule has 0 radical (unpaired) electrons. The molecular formula is C21H16Cl2N2O3. The van der Waals surface area contributed by atoms with Gasteiger partial charge in [0.15, 0.2) is 0 Å². The van der Waals surface area contributed by atoms with Crippen LogP contribution in [0.15, 0.2) is 66.7 Å². The van der Waals surface area contributed by atoms with Crippen molar-refractivity contribution >= 4 is 40.5 Å². The molecule has 1 amide bonds. The number of nitrogens with zero attached hydrogens (tertiary/aromatic N) is 2. The van der Waals surface area contributed by atoms with Gasteiger partial charge in [-0.05, 0) is 48.9 Å².